The summed E-state index contributed by atoms with van der Waals surface area (Å²) in [5, 5.41) is 0. The summed E-state index contributed by atoms with van der Waals surface area (Å²) in [6, 6.07) is 21.1. The van der Waals surface area contributed by atoms with Crippen LogP contribution in [0.25, 0.3) is 45.9 Å². The molecule has 6 rings (SSSR count). The molecule has 3 aromatic heterocycles. The lowest BCUT2D eigenvalue weighted by Gasteiger charge is -2.12. The quantitative estimate of drug-likeness (QED) is 0.275. The van der Waals surface area contributed by atoms with Gasteiger partial charge in [0.25, 0.3) is 0 Å². The Morgan fingerprint density at radius 3 is 1.85 bits per heavy atom. The summed E-state index contributed by atoms with van der Waals surface area (Å²) < 4.78 is 0. The molecule has 34 heavy (non-hydrogen) atoms. The van der Waals surface area contributed by atoms with E-state index in [2.05, 4.69) is 97.5 Å². The zero-order valence-corrected chi connectivity index (χ0v) is 21.0. The molecule has 5 heterocycles. The van der Waals surface area contributed by atoms with Crippen molar-refractivity contribution in [3.63, 3.8) is 0 Å². The van der Waals surface area contributed by atoms with E-state index in [0.717, 1.165) is 50.4 Å². The summed E-state index contributed by atoms with van der Waals surface area (Å²) in [5.41, 5.74) is 14.1. The normalized spacial score (nSPS) is 12.4. The second-order valence-corrected chi connectivity index (χ2v) is 8.77. The second-order valence-electron chi connectivity index (χ2n) is 8.77. The van der Waals surface area contributed by atoms with Gasteiger partial charge in [-0.1, -0.05) is 12.1 Å². The van der Waals surface area contributed by atoms with E-state index >= 15 is 0 Å². The molecular weight excluding hydrogens is 429 g/mol. The van der Waals surface area contributed by atoms with Gasteiger partial charge < -0.3 is 9.97 Å². The third-order valence-corrected chi connectivity index (χ3v) is 6.51. The van der Waals surface area contributed by atoms with Crippen LogP contribution in [-0.2, 0) is 0 Å². The van der Waals surface area contributed by atoms with Gasteiger partial charge in [0.1, 0.15) is 0 Å². The lowest BCUT2D eigenvalue weighted by Crippen LogP contribution is -1.95. The number of fused-ring (bicyclic) bond motifs is 8. The van der Waals surface area contributed by atoms with Crippen LogP contribution in [0.15, 0.2) is 60.7 Å². The number of aromatic amines is 2. The van der Waals surface area contributed by atoms with E-state index in [0.29, 0.717) is 0 Å². The summed E-state index contributed by atoms with van der Waals surface area (Å²) in [5.74, 6) is 0. The number of aromatic nitrogens is 4. The smallest absolute Gasteiger partial charge is 0.0737 e. The van der Waals surface area contributed by atoms with E-state index < -0.39 is 0 Å². The van der Waals surface area contributed by atoms with Crippen LogP contribution in [0.5, 0.6) is 0 Å². The topological polar surface area (TPSA) is 57.4 Å². The van der Waals surface area contributed by atoms with Gasteiger partial charge in [0.2, 0.25) is 0 Å². The van der Waals surface area contributed by atoms with Crippen LogP contribution in [0.1, 0.15) is 45.0 Å². The molecule has 0 saturated carbocycles. The summed E-state index contributed by atoms with van der Waals surface area (Å²) in [6.45, 7) is 6.54. The van der Waals surface area contributed by atoms with Crippen molar-refractivity contribution in [2.24, 2.45) is 0 Å². The van der Waals surface area contributed by atoms with Gasteiger partial charge in [0, 0.05) is 50.7 Å². The summed E-state index contributed by atoms with van der Waals surface area (Å²) in [6.07, 6.45) is 6.27. The van der Waals surface area contributed by atoms with Gasteiger partial charge in [0.05, 0.1) is 22.8 Å². The van der Waals surface area contributed by atoms with E-state index in [-0.39, 0.29) is 23.1 Å². The molecule has 0 unspecified atom stereocenters. The fourth-order valence-corrected chi connectivity index (χ4v) is 4.48. The molecule has 0 fully saturated rings. The van der Waals surface area contributed by atoms with Crippen molar-refractivity contribution in [1.29, 1.82) is 0 Å². The van der Waals surface area contributed by atoms with Crippen LogP contribution in [0.4, 0.5) is 0 Å². The molecule has 2 radical (unpaired) electrons. The molecule has 0 saturated heterocycles. The second kappa shape index (κ2) is 8.74. The SMILES string of the molecule is Cc1ccc(C2=Cc3cc4ccc(cc5ccc(cc6nc(cc2n3)C=C6)[nH]5)[nH]4)c(C)c1C.[Mg]. The predicted molar refractivity (Wildman–Crippen MR) is 143 cm³/mol. The number of hydrogen-bond donors (Lipinski definition) is 2. The van der Waals surface area contributed by atoms with Crippen LogP contribution in [0.3, 0.4) is 0 Å². The molecule has 0 aliphatic carbocycles. The van der Waals surface area contributed by atoms with Gasteiger partial charge >= 0.3 is 0 Å². The third-order valence-electron chi connectivity index (χ3n) is 6.51. The highest BCUT2D eigenvalue weighted by molar-refractivity contribution is 5.94. The van der Waals surface area contributed by atoms with E-state index in [9.17, 15) is 0 Å². The molecule has 0 amide bonds. The van der Waals surface area contributed by atoms with Gasteiger partial charge in [0.15, 0.2) is 0 Å². The fourth-order valence-electron chi connectivity index (χ4n) is 4.48. The Balaban J connectivity index is 0.00000241. The van der Waals surface area contributed by atoms with Crippen molar-refractivity contribution in [3.8, 4) is 0 Å². The monoisotopic (exact) mass is 452 g/mol. The Kier molecular flexibility index (Phi) is 5.76. The molecule has 2 aliphatic rings. The Bertz CT molecular complexity index is 1650. The maximum Gasteiger partial charge on any atom is 0.0737 e. The largest absolute Gasteiger partial charge is 0.355 e. The molecule has 4 nitrogen and oxygen atoms in total. The number of benzene rings is 1. The lowest BCUT2D eigenvalue weighted by molar-refractivity contribution is 1.24. The molecule has 0 spiro atoms. The Morgan fingerprint density at radius 2 is 1.18 bits per heavy atom. The number of hydrogen-bond acceptors (Lipinski definition) is 2. The average Bonchev–Trinajstić information content (AvgIpc) is 3.58. The van der Waals surface area contributed by atoms with Crippen molar-refractivity contribution in [2.45, 2.75) is 20.8 Å². The minimum absolute atomic E-state index is 0. The molecule has 4 aromatic rings. The van der Waals surface area contributed by atoms with Crippen LogP contribution in [0, 0.1) is 20.8 Å². The zero-order chi connectivity index (χ0) is 22.5. The number of H-pyrrole nitrogens is 2. The predicted octanol–water partition coefficient (Wildman–Crippen LogP) is 6.62. The summed E-state index contributed by atoms with van der Waals surface area (Å²) >= 11 is 0. The minimum Gasteiger partial charge on any atom is -0.355 e. The molecule has 2 aliphatic heterocycles. The van der Waals surface area contributed by atoms with Crippen LogP contribution < -0.4 is 0 Å². The minimum atomic E-state index is 0. The Morgan fingerprint density at radius 1 is 0.588 bits per heavy atom. The zero-order valence-electron chi connectivity index (χ0n) is 19.6. The van der Waals surface area contributed by atoms with Gasteiger partial charge in [-0.15, -0.1) is 0 Å². The van der Waals surface area contributed by atoms with Gasteiger partial charge in [-0.2, -0.15) is 0 Å². The number of rotatable bonds is 1. The highest BCUT2D eigenvalue weighted by Crippen LogP contribution is 2.33. The highest BCUT2D eigenvalue weighted by Gasteiger charge is 2.16. The van der Waals surface area contributed by atoms with Crippen LogP contribution in [0.2, 0.25) is 0 Å². The lowest BCUT2D eigenvalue weighted by atomic mass is 9.92. The molecular formula is C29H24MgN4. The average molecular weight is 453 g/mol. The van der Waals surface area contributed by atoms with Crippen molar-refractivity contribution < 1.29 is 0 Å². The van der Waals surface area contributed by atoms with Gasteiger partial charge in [-0.05, 0) is 110 Å². The Hall–Kier alpha value is -3.41. The maximum atomic E-state index is 4.99. The first-order chi connectivity index (χ1) is 16.0. The van der Waals surface area contributed by atoms with Crippen molar-refractivity contribution >= 4 is 68.9 Å². The van der Waals surface area contributed by atoms with Crippen molar-refractivity contribution in [1.82, 2.24) is 19.9 Å². The molecule has 8 bridgehead atoms. The fraction of sp³-hybridized carbons (Fsp3) is 0.103. The van der Waals surface area contributed by atoms with Crippen molar-refractivity contribution in [3.05, 3.63) is 106 Å². The maximum absolute atomic E-state index is 4.99. The van der Waals surface area contributed by atoms with Crippen LogP contribution in [-0.4, -0.2) is 43.0 Å². The van der Waals surface area contributed by atoms with E-state index in [1.54, 1.807) is 0 Å². The standard InChI is InChI=1S/C29H24N4.Mg/c1-17-4-11-27(19(3)18(17)2)28-15-26-14-24-8-7-22(31-24)12-20-5-6-21(30-20)13-23-9-10-25(32-23)16-29(28)33-26;/h4-16,30-31H,1-3H3;. The molecule has 5 heteroatoms. The van der Waals surface area contributed by atoms with E-state index in [4.69, 9.17) is 9.97 Å². The molecule has 0 atom stereocenters. The summed E-state index contributed by atoms with van der Waals surface area (Å²) in [4.78, 5) is 16.7. The van der Waals surface area contributed by atoms with Crippen molar-refractivity contribution in [2.75, 3.05) is 0 Å². The number of aryl methyl sites for hydroxylation is 1. The molecule has 162 valence electrons. The highest BCUT2D eigenvalue weighted by atomic mass is 24.3. The first-order valence-corrected chi connectivity index (χ1v) is 11.2. The van der Waals surface area contributed by atoms with E-state index in [1.165, 1.54) is 22.3 Å². The van der Waals surface area contributed by atoms with Gasteiger partial charge in [-0.25, -0.2) is 9.97 Å². The third kappa shape index (κ3) is 4.13. The first kappa shape index (κ1) is 22.4. The number of nitrogens with zero attached hydrogens (tertiary/aromatic N) is 2. The molecule has 2 N–H and O–H groups in total. The van der Waals surface area contributed by atoms with Gasteiger partial charge in [-0.3, -0.25) is 0 Å². The van der Waals surface area contributed by atoms with Crippen LogP contribution >= 0.6 is 0 Å². The molecule has 1 aromatic carbocycles. The number of nitrogens with one attached hydrogen (secondary N) is 2. The first-order valence-electron chi connectivity index (χ1n) is 11.2. The van der Waals surface area contributed by atoms with E-state index in [1.807, 2.05) is 12.2 Å². The Labute approximate surface area is 214 Å². The summed E-state index contributed by atoms with van der Waals surface area (Å²) in [7, 11) is 0.